The molecule has 0 aliphatic carbocycles. The van der Waals surface area contributed by atoms with Crippen LogP contribution in [-0.2, 0) is 0 Å². The average molecular weight is 350 g/mol. The summed E-state index contributed by atoms with van der Waals surface area (Å²) in [5.41, 5.74) is 1.71. The van der Waals surface area contributed by atoms with E-state index >= 15 is 0 Å². The van der Waals surface area contributed by atoms with Crippen LogP contribution in [0.3, 0.4) is 0 Å². The fraction of sp³-hybridized carbons (Fsp3) is 0.235. The van der Waals surface area contributed by atoms with Crippen molar-refractivity contribution in [2.24, 2.45) is 0 Å². The van der Waals surface area contributed by atoms with Gasteiger partial charge in [0.25, 0.3) is 5.91 Å². The molecule has 0 bridgehead atoms. The fourth-order valence-electron chi connectivity index (χ4n) is 2.17. The molecule has 6 heteroatoms. The summed E-state index contributed by atoms with van der Waals surface area (Å²) in [4.78, 5) is 13.4. The molecule has 1 heterocycles. The Balaban J connectivity index is 1.52. The van der Waals surface area contributed by atoms with E-state index in [1.165, 1.54) is 10.5 Å². The number of aryl methyl sites for hydroxylation is 1. The number of carbonyl (C=O) groups is 1. The lowest BCUT2D eigenvalue weighted by Crippen LogP contribution is -2.25. The number of benzene rings is 2. The summed E-state index contributed by atoms with van der Waals surface area (Å²) in [6.45, 7) is 2.77. The van der Waals surface area contributed by atoms with Crippen molar-refractivity contribution >= 4 is 29.3 Å². The highest BCUT2D eigenvalue weighted by Gasteiger charge is 2.20. The largest absolute Gasteiger partial charge is 0.454 e. The molecule has 0 saturated heterocycles. The summed E-state index contributed by atoms with van der Waals surface area (Å²) >= 11 is 7.79. The van der Waals surface area contributed by atoms with Gasteiger partial charge in [-0.05, 0) is 31.2 Å². The number of hydrogen-bond acceptors (Lipinski definition) is 4. The zero-order chi connectivity index (χ0) is 16.2. The molecule has 1 amide bonds. The van der Waals surface area contributed by atoms with Crippen molar-refractivity contribution in [3.63, 3.8) is 0 Å². The van der Waals surface area contributed by atoms with E-state index in [0.29, 0.717) is 28.6 Å². The molecule has 0 spiro atoms. The molecule has 4 nitrogen and oxygen atoms in total. The molecule has 1 N–H and O–H groups in total. The van der Waals surface area contributed by atoms with Gasteiger partial charge in [-0.3, -0.25) is 4.79 Å². The number of halogens is 1. The maximum Gasteiger partial charge on any atom is 0.251 e. The maximum absolute atomic E-state index is 12.2. The lowest BCUT2D eigenvalue weighted by atomic mass is 10.2. The van der Waals surface area contributed by atoms with Crippen LogP contribution in [0.5, 0.6) is 11.5 Å². The van der Waals surface area contributed by atoms with Gasteiger partial charge in [-0.2, -0.15) is 0 Å². The second kappa shape index (κ2) is 7.15. The van der Waals surface area contributed by atoms with Crippen LogP contribution in [0.15, 0.2) is 41.3 Å². The van der Waals surface area contributed by atoms with Crippen LogP contribution in [-0.4, -0.2) is 25.0 Å². The van der Waals surface area contributed by atoms with Gasteiger partial charge in [-0.15, -0.1) is 11.8 Å². The minimum absolute atomic E-state index is 0.132. The average Bonchev–Trinajstić information content (AvgIpc) is 3.02. The predicted octanol–water partition coefficient (Wildman–Crippen LogP) is 3.90. The molecule has 120 valence electrons. The van der Waals surface area contributed by atoms with E-state index < -0.39 is 0 Å². The Hall–Kier alpha value is -1.85. The molecule has 0 unspecified atom stereocenters. The molecule has 2 aromatic carbocycles. The number of ether oxygens (including phenoxy) is 2. The summed E-state index contributed by atoms with van der Waals surface area (Å²) in [6.07, 6.45) is 0. The molecule has 3 rings (SSSR count). The maximum atomic E-state index is 12.2. The number of carbonyl (C=O) groups excluding carboxylic acids is 1. The smallest absolute Gasteiger partial charge is 0.251 e. The Morgan fingerprint density at radius 1 is 1.26 bits per heavy atom. The van der Waals surface area contributed by atoms with E-state index in [1.807, 2.05) is 0 Å². The van der Waals surface area contributed by atoms with Crippen molar-refractivity contribution in [3.8, 4) is 11.5 Å². The van der Waals surface area contributed by atoms with Crippen LogP contribution in [0.1, 0.15) is 15.9 Å². The lowest BCUT2D eigenvalue weighted by Gasteiger charge is -2.07. The summed E-state index contributed by atoms with van der Waals surface area (Å²) < 4.78 is 10.5. The second-order valence-corrected chi connectivity index (χ2v) is 6.68. The Bertz CT molecular complexity index is 719. The van der Waals surface area contributed by atoms with Crippen molar-refractivity contribution in [2.45, 2.75) is 11.8 Å². The number of fused-ring (bicyclic) bond motifs is 1. The molecule has 1 aliphatic heterocycles. The Labute approximate surface area is 144 Å². The van der Waals surface area contributed by atoms with E-state index in [4.69, 9.17) is 21.1 Å². The molecule has 0 radical (unpaired) electrons. The van der Waals surface area contributed by atoms with Crippen LogP contribution in [0.4, 0.5) is 0 Å². The first-order valence-corrected chi connectivity index (χ1v) is 8.56. The first-order chi connectivity index (χ1) is 11.1. The van der Waals surface area contributed by atoms with Crippen LogP contribution in [0.25, 0.3) is 0 Å². The van der Waals surface area contributed by atoms with Crippen LogP contribution < -0.4 is 14.8 Å². The van der Waals surface area contributed by atoms with Crippen molar-refractivity contribution < 1.29 is 14.3 Å². The lowest BCUT2D eigenvalue weighted by molar-refractivity contribution is 0.0955. The molecule has 23 heavy (non-hydrogen) atoms. The highest BCUT2D eigenvalue weighted by atomic mass is 35.5. The molecule has 0 fully saturated rings. The van der Waals surface area contributed by atoms with Gasteiger partial charge >= 0.3 is 0 Å². The van der Waals surface area contributed by atoms with Crippen molar-refractivity contribution in [2.75, 3.05) is 19.1 Å². The minimum Gasteiger partial charge on any atom is -0.454 e. The number of hydrogen-bond donors (Lipinski definition) is 1. The summed E-state index contributed by atoms with van der Waals surface area (Å²) in [7, 11) is 0. The zero-order valence-electron chi connectivity index (χ0n) is 12.6. The van der Waals surface area contributed by atoms with Gasteiger partial charge in [0.2, 0.25) is 6.79 Å². The number of nitrogens with one attached hydrogen (secondary N) is 1. The zero-order valence-corrected chi connectivity index (χ0v) is 14.2. The second-order valence-electron chi connectivity index (χ2n) is 5.11. The molecule has 2 aromatic rings. The highest BCUT2D eigenvalue weighted by Crippen LogP contribution is 2.39. The SMILES string of the molecule is Cc1ccc(SCCNC(=O)c2cc(Cl)c3c(c2)OCO3)cc1. The molecule has 0 aromatic heterocycles. The van der Waals surface area contributed by atoms with Gasteiger partial charge in [0, 0.05) is 22.8 Å². The molecular formula is C17H16ClNO3S. The highest BCUT2D eigenvalue weighted by molar-refractivity contribution is 7.99. The Kier molecular flexibility index (Phi) is 4.98. The predicted molar refractivity (Wildman–Crippen MR) is 91.8 cm³/mol. The van der Waals surface area contributed by atoms with E-state index in [0.717, 1.165) is 5.75 Å². The van der Waals surface area contributed by atoms with Gasteiger partial charge in [0.1, 0.15) is 0 Å². The van der Waals surface area contributed by atoms with Crippen LogP contribution in [0, 0.1) is 6.92 Å². The third-order valence-electron chi connectivity index (χ3n) is 3.37. The van der Waals surface area contributed by atoms with Crippen molar-refractivity contribution in [1.82, 2.24) is 5.32 Å². The van der Waals surface area contributed by atoms with Crippen LogP contribution >= 0.6 is 23.4 Å². The normalized spacial score (nSPS) is 12.3. The van der Waals surface area contributed by atoms with Gasteiger partial charge in [-0.1, -0.05) is 29.3 Å². The molecular weight excluding hydrogens is 334 g/mol. The molecule has 1 aliphatic rings. The Morgan fingerprint density at radius 2 is 2.04 bits per heavy atom. The van der Waals surface area contributed by atoms with Gasteiger partial charge in [-0.25, -0.2) is 0 Å². The first kappa shape index (κ1) is 16.0. The van der Waals surface area contributed by atoms with E-state index in [2.05, 4.69) is 36.5 Å². The third-order valence-corrected chi connectivity index (χ3v) is 4.66. The van der Waals surface area contributed by atoms with Crippen LogP contribution in [0.2, 0.25) is 5.02 Å². The monoisotopic (exact) mass is 349 g/mol. The first-order valence-electron chi connectivity index (χ1n) is 7.20. The summed E-state index contributed by atoms with van der Waals surface area (Å²) in [6, 6.07) is 11.6. The summed E-state index contributed by atoms with van der Waals surface area (Å²) in [5.74, 6) is 1.64. The van der Waals surface area contributed by atoms with Gasteiger partial charge < -0.3 is 14.8 Å². The standard InChI is InChI=1S/C17H16ClNO3S/c1-11-2-4-13(5-3-11)23-7-6-19-17(20)12-8-14(18)16-15(9-12)21-10-22-16/h2-5,8-9H,6-7,10H2,1H3,(H,19,20). The van der Waals surface area contributed by atoms with Crippen molar-refractivity contribution in [1.29, 1.82) is 0 Å². The number of amides is 1. The molecule has 0 atom stereocenters. The van der Waals surface area contributed by atoms with Gasteiger partial charge in [0.05, 0.1) is 5.02 Å². The van der Waals surface area contributed by atoms with Crippen molar-refractivity contribution in [3.05, 3.63) is 52.5 Å². The fourth-order valence-corrected chi connectivity index (χ4v) is 3.20. The minimum atomic E-state index is -0.172. The Morgan fingerprint density at radius 3 is 2.83 bits per heavy atom. The third kappa shape index (κ3) is 3.92. The van der Waals surface area contributed by atoms with E-state index in [1.54, 1.807) is 23.9 Å². The number of rotatable bonds is 5. The number of thioether (sulfide) groups is 1. The quantitative estimate of drug-likeness (QED) is 0.657. The summed E-state index contributed by atoms with van der Waals surface area (Å²) in [5, 5.41) is 3.27. The topological polar surface area (TPSA) is 47.6 Å². The van der Waals surface area contributed by atoms with E-state index in [9.17, 15) is 4.79 Å². The van der Waals surface area contributed by atoms with Gasteiger partial charge in [0.15, 0.2) is 11.5 Å². The molecule has 0 saturated carbocycles. The van der Waals surface area contributed by atoms with E-state index in [-0.39, 0.29) is 12.7 Å².